The zero-order valence-corrected chi connectivity index (χ0v) is 14.2. The molecule has 0 spiro atoms. The molecule has 3 aromatic rings. The molecule has 2 aromatic heterocycles. The fraction of sp³-hybridized carbons (Fsp3) is 0.294. The third-order valence-corrected chi connectivity index (χ3v) is 5.14. The first-order valence-corrected chi connectivity index (χ1v) is 8.93. The van der Waals surface area contributed by atoms with E-state index in [4.69, 9.17) is 0 Å². The van der Waals surface area contributed by atoms with Crippen molar-refractivity contribution in [2.45, 2.75) is 25.4 Å². The van der Waals surface area contributed by atoms with Gasteiger partial charge >= 0.3 is 0 Å². The van der Waals surface area contributed by atoms with Crippen LogP contribution >= 0.6 is 11.3 Å². The molecule has 1 aromatic carbocycles. The topological polar surface area (TPSA) is 63.9 Å². The maximum Gasteiger partial charge on any atom is 0.276 e. The Balaban J connectivity index is 1.49. The Morgan fingerprint density at radius 3 is 2.92 bits per heavy atom. The molecule has 3 heterocycles. The maximum atomic E-state index is 13.0. The minimum absolute atomic E-state index is 0.0229. The Kier molecular flexibility index (Phi) is 4.27. The molecule has 0 saturated carbocycles. The van der Waals surface area contributed by atoms with Gasteiger partial charge in [0.25, 0.3) is 5.91 Å². The van der Waals surface area contributed by atoms with Gasteiger partial charge in [0.2, 0.25) is 0 Å². The van der Waals surface area contributed by atoms with Crippen LogP contribution in [0, 0.1) is 5.82 Å². The Hall–Kier alpha value is -2.61. The highest BCUT2D eigenvalue weighted by Crippen LogP contribution is 2.33. The molecular weight excluding hydrogens is 341 g/mol. The van der Waals surface area contributed by atoms with Crippen LogP contribution in [0.5, 0.6) is 0 Å². The molecule has 0 bridgehead atoms. The number of rotatable bonds is 4. The molecular formula is C17H16FN5OS. The quantitative estimate of drug-likeness (QED) is 0.720. The van der Waals surface area contributed by atoms with E-state index >= 15 is 0 Å². The summed E-state index contributed by atoms with van der Waals surface area (Å²) in [5.74, 6) is -0.400. The van der Waals surface area contributed by atoms with Crippen molar-refractivity contribution in [3.05, 3.63) is 64.1 Å². The summed E-state index contributed by atoms with van der Waals surface area (Å²) in [7, 11) is 0. The number of likely N-dealkylation sites (tertiary alicyclic amines) is 1. The smallest absolute Gasteiger partial charge is 0.276 e. The monoisotopic (exact) mass is 357 g/mol. The molecule has 0 aliphatic carbocycles. The van der Waals surface area contributed by atoms with Crippen molar-refractivity contribution in [1.29, 1.82) is 0 Å². The van der Waals surface area contributed by atoms with Crippen molar-refractivity contribution in [3.63, 3.8) is 0 Å². The van der Waals surface area contributed by atoms with E-state index in [0.717, 1.165) is 23.4 Å². The Morgan fingerprint density at radius 1 is 1.32 bits per heavy atom. The van der Waals surface area contributed by atoms with Gasteiger partial charge in [-0.2, -0.15) is 0 Å². The third-order valence-electron chi connectivity index (χ3n) is 4.27. The number of thiazole rings is 1. The summed E-state index contributed by atoms with van der Waals surface area (Å²) < 4.78 is 14.6. The number of hydrogen-bond donors (Lipinski definition) is 0. The van der Waals surface area contributed by atoms with E-state index in [1.54, 1.807) is 40.5 Å². The van der Waals surface area contributed by atoms with Gasteiger partial charge < -0.3 is 4.90 Å². The fourth-order valence-electron chi connectivity index (χ4n) is 3.06. The second kappa shape index (κ2) is 6.72. The highest BCUT2D eigenvalue weighted by atomic mass is 32.1. The Labute approximate surface area is 147 Å². The van der Waals surface area contributed by atoms with Crippen LogP contribution in [0.15, 0.2) is 42.0 Å². The van der Waals surface area contributed by atoms with Crippen LogP contribution < -0.4 is 0 Å². The van der Waals surface area contributed by atoms with Crippen molar-refractivity contribution >= 4 is 17.2 Å². The molecule has 6 nitrogen and oxygen atoms in total. The lowest BCUT2D eigenvalue weighted by Gasteiger charge is -2.21. The summed E-state index contributed by atoms with van der Waals surface area (Å²) in [6.45, 7) is 1.14. The van der Waals surface area contributed by atoms with E-state index in [2.05, 4.69) is 15.3 Å². The lowest BCUT2D eigenvalue weighted by Crippen LogP contribution is -2.30. The largest absolute Gasteiger partial charge is 0.328 e. The van der Waals surface area contributed by atoms with E-state index in [1.165, 1.54) is 12.1 Å². The summed E-state index contributed by atoms with van der Waals surface area (Å²) in [5.41, 5.74) is 1.22. The second-order valence-corrected chi connectivity index (χ2v) is 6.88. The van der Waals surface area contributed by atoms with Crippen molar-refractivity contribution in [3.8, 4) is 0 Å². The third kappa shape index (κ3) is 3.30. The zero-order chi connectivity index (χ0) is 17.2. The maximum absolute atomic E-state index is 13.0. The Morgan fingerprint density at radius 2 is 2.16 bits per heavy atom. The zero-order valence-electron chi connectivity index (χ0n) is 13.4. The lowest BCUT2D eigenvalue weighted by molar-refractivity contribution is 0.0729. The summed E-state index contributed by atoms with van der Waals surface area (Å²) >= 11 is 1.57. The van der Waals surface area contributed by atoms with Crippen molar-refractivity contribution in [1.82, 2.24) is 24.9 Å². The number of benzene rings is 1. The minimum atomic E-state index is -0.277. The predicted octanol–water partition coefficient (Wildman–Crippen LogP) is 2.90. The molecule has 1 saturated heterocycles. The predicted molar refractivity (Wildman–Crippen MR) is 90.6 cm³/mol. The van der Waals surface area contributed by atoms with E-state index in [0.29, 0.717) is 18.8 Å². The number of carbonyl (C=O) groups excluding carboxylic acids is 1. The first kappa shape index (κ1) is 15.9. The van der Waals surface area contributed by atoms with Crippen LogP contribution in [0.4, 0.5) is 4.39 Å². The van der Waals surface area contributed by atoms with Crippen LogP contribution in [-0.2, 0) is 6.54 Å². The Bertz CT molecular complexity index is 862. The number of amides is 1. The molecule has 0 N–H and O–H groups in total. The van der Waals surface area contributed by atoms with Crippen LogP contribution in [-0.4, -0.2) is 37.3 Å². The number of nitrogens with zero attached hydrogens (tertiary/aromatic N) is 5. The molecule has 25 heavy (non-hydrogen) atoms. The van der Waals surface area contributed by atoms with Gasteiger partial charge in [0.1, 0.15) is 10.8 Å². The average Bonchev–Trinajstić information content (AvgIpc) is 3.37. The molecule has 4 rings (SSSR count). The first-order chi connectivity index (χ1) is 12.2. The van der Waals surface area contributed by atoms with Crippen LogP contribution in [0.1, 0.15) is 39.9 Å². The van der Waals surface area contributed by atoms with Crippen LogP contribution in [0.2, 0.25) is 0 Å². The summed E-state index contributed by atoms with van der Waals surface area (Å²) in [4.78, 5) is 19.0. The van der Waals surface area contributed by atoms with Gasteiger partial charge in [-0.1, -0.05) is 17.3 Å². The molecule has 128 valence electrons. The second-order valence-electron chi connectivity index (χ2n) is 5.95. The summed E-state index contributed by atoms with van der Waals surface area (Å²) in [6, 6.07) is 6.21. The van der Waals surface area contributed by atoms with E-state index in [9.17, 15) is 9.18 Å². The van der Waals surface area contributed by atoms with Gasteiger partial charge in [-0.25, -0.2) is 14.1 Å². The molecule has 1 aliphatic rings. The van der Waals surface area contributed by atoms with Gasteiger partial charge in [0, 0.05) is 18.1 Å². The molecule has 0 radical (unpaired) electrons. The van der Waals surface area contributed by atoms with Crippen LogP contribution in [0.25, 0.3) is 0 Å². The summed E-state index contributed by atoms with van der Waals surface area (Å²) in [5, 5.41) is 10.9. The molecule has 0 unspecified atom stereocenters. The number of hydrogen-bond acceptors (Lipinski definition) is 5. The van der Waals surface area contributed by atoms with Gasteiger partial charge in [-0.05, 0) is 30.5 Å². The van der Waals surface area contributed by atoms with E-state index in [1.807, 2.05) is 10.3 Å². The molecule has 1 atom stereocenters. The van der Waals surface area contributed by atoms with Crippen molar-refractivity contribution in [2.24, 2.45) is 0 Å². The molecule has 1 aliphatic heterocycles. The fourth-order valence-corrected chi connectivity index (χ4v) is 3.85. The number of carbonyl (C=O) groups is 1. The highest BCUT2D eigenvalue weighted by molar-refractivity contribution is 7.09. The van der Waals surface area contributed by atoms with Crippen molar-refractivity contribution < 1.29 is 9.18 Å². The SMILES string of the molecule is O=C(c1cn(Cc2ccc(F)cc2)nn1)N1CCC[C@@H]1c1nccs1. The van der Waals surface area contributed by atoms with Gasteiger partial charge in [0.05, 0.1) is 18.8 Å². The average molecular weight is 357 g/mol. The van der Waals surface area contributed by atoms with Crippen LogP contribution in [0.3, 0.4) is 0 Å². The van der Waals surface area contributed by atoms with Crippen molar-refractivity contribution in [2.75, 3.05) is 6.54 Å². The normalized spacial score (nSPS) is 17.2. The first-order valence-electron chi connectivity index (χ1n) is 8.05. The lowest BCUT2D eigenvalue weighted by atomic mass is 10.2. The molecule has 8 heteroatoms. The minimum Gasteiger partial charge on any atom is -0.328 e. The van der Waals surface area contributed by atoms with E-state index < -0.39 is 0 Å². The van der Waals surface area contributed by atoms with Gasteiger partial charge in [0.15, 0.2) is 5.69 Å². The molecule has 1 amide bonds. The number of halogens is 1. The highest BCUT2D eigenvalue weighted by Gasteiger charge is 2.33. The number of aromatic nitrogens is 4. The summed E-state index contributed by atoms with van der Waals surface area (Å²) in [6.07, 6.45) is 5.28. The standard InChI is InChI=1S/C17H16FN5OS/c18-13-5-3-12(4-6-13)10-22-11-14(20-21-22)17(24)23-8-1-2-15(23)16-19-7-9-25-16/h3-7,9,11,15H,1-2,8,10H2/t15-/m1/s1. The molecule has 1 fully saturated rings. The van der Waals surface area contributed by atoms with E-state index in [-0.39, 0.29) is 17.8 Å². The van der Waals surface area contributed by atoms with Gasteiger partial charge in [-0.15, -0.1) is 16.4 Å². The van der Waals surface area contributed by atoms with Gasteiger partial charge in [-0.3, -0.25) is 4.79 Å².